The van der Waals surface area contributed by atoms with Gasteiger partial charge in [0.2, 0.25) is 5.91 Å². The van der Waals surface area contributed by atoms with Crippen molar-refractivity contribution in [2.24, 2.45) is 0 Å². The molecular formula is C20H19N5O2S. The van der Waals surface area contributed by atoms with Crippen molar-refractivity contribution in [3.05, 3.63) is 75.8 Å². The van der Waals surface area contributed by atoms with Gasteiger partial charge in [0, 0.05) is 6.07 Å². The molecular weight excluding hydrogens is 374 g/mol. The van der Waals surface area contributed by atoms with Crippen LogP contribution in [0.1, 0.15) is 18.1 Å². The number of hydrogen-bond acceptors (Lipinski definition) is 5. The molecule has 142 valence electrons. The Hall–Kier alpha value is -3.26. The van der Waals surface area contributed by atoms with Crippen LogP contribution in [-0.4, -0.2) is 25.2 Å². The van der Waals surface area contributed by atoms with Gasteiger partial charge in [-0.2, -0.15) is 5.10 Å². The summed E-state index contributed by atoms with van der Waals surface area (Å²) in [7, 11) is 0. The van der Waals surface area contributed by atoms with Crippen LogP contribution in [0.5, 0.6) is 0 Å². The second-order valence-corrected chi connectivity index (χ2v) is 7.30. The number of fused-ring (bicyclic) bond motifs is 1. The minimum absolute atomic E-state index is 0.103. The fourth-order valence-corrected chi connectivity index (χ4v) is 3.68. The van der Waals surface area contributed by atoms with E-state index >= 15 is 0 Å². The summed E-state index contributed by atoms with van der Waals surface area (Å²) in [4.78, 5) is 29.8. The molecule has 0 spiro atoms. The molecule has 0 aliphatic rings. The summed E-state index contributed by atoms with van der Waals surface area (Å²) >= 11 is 1.40. The molecule has 0 aliphatic carbocycles. The lowest BCUT2D eigenvalue weighted by Gasteiger charge is -2.10. The van der Waals surface area contributed by atoms with E-state index in [0.29, 0.717) is 22.6 Å². The second kappa shape index (κ2) is 7.77. The number of carbonyl (C=O) groups is 1. The average Bonchev–Trinajstić information content (AvgIpc) is 3.35. The zero-order valence-corrected chi connectivity index (χ0v) is 16.1. The third kappa shape index (κ3) is 3.72. The quantitative estimate of drug-likeness (QED) is 0.546. The smallest absolute Gasteiger partial charge is 0.262 e. The van der Waals surface area contributed by atoms with Gasteiger partial charge in [-0.3, -0.25) is 14.2 Å². The molecule has 0 fully saturated rings. The zero-order chi connectivity index (χ0) is 19.5. The van der Waals surface area contributed by atoms with Crippen LogP contribution < -0.4 is 10.9 Å². The largest absolute Gasteiger partial charge is 0.309 e. The number of aromatic nitrogens is 4. The van der Waals surface area contributed by atoms with E-state index in [-0.39, 0.29) is 18.0 Å². The molecule has 0 aliphatic heterocycles. The van der Waals surface area contributed by atoms with Crippen LogP contribution in [0, 0.1) is 0 Å². The number of thiophene rings is 1. The number of nitrogens with zero attached hydrogens (tertiary/aromatic N) is 4. The first-order chi connectivity index (χ1) is 13.6. The van der Waals surface area contributed by atoms with Gasteiger partial charge in [-0.05, 0) is 29.0 Å². The maximum absolute atomic E-state index is 12.5. The van der Waals surface area contributed by atoms with Gasteiger partial charge in [-0.25, -0.2) is 9.67 Å². The lowest BCUT2D eigenvalue weighted by molar-refractivity contribution is -0.116. The maximum atomic E-state index is 12.5. The molecule has 1 amide bonds. The standard InChI is InChI=1S/C20H19N5O2S/c1-2-14-3-5-15(6-4-14)11-25-17(7-9-22-25)23-18(26)12-24-13-21-19-16(20(24)27)8-10-28-19/h3-10,13H,2,11-12H2,1H3,(H,23,26). The summed E-state index contributed by atoms with van der Waals surface area (Å²) in [5.41, 5.74) is 2.16. The molecule has 1 N–H and O–H groups in total. The van der Waals surface area contributed by atoms with Gasteiger partial charge >= 0.3 is 0 Å². The summed E-state index contributed by atoms with van der Waals surface area (Å²) in [6.45, 7) is 2.57. The van der Waals surface area contributed by atoms with Crippen LogP contribution in [0.2, 0.25) is 0 Å². The monoisotopic (exact) mass is 393 g/mol. The highest BCUT2D eigenvalue weighted by molar-refractivity contribution is 7.16. The van der Waals surface area contributed by atoms with Crippen molar-refractivity contribution in [1.82, 2.24) is 19.3 Å². The highest BCUT2D eigenvalue weighted by Gasteiger charge is 2.11. The Balaban J connectivity index is 1.46. The first kappa shape index (κ1) is 18.1. The predicted octanol–water partition coefficient (Wildman–Crippen LogP) is 2.90. The fraction of sp³-hybridized carbons (Fsp3) is 0.200. The minimum atomic E-state index is -0.304. The summed E-state index contributed by atoms with van der Waals surface area (Å²) in [5, 5.41) is 9.46. The van der Waals surface area contributed by atoms with Crippen molar-refractivity contribution in [1.29, 1.82) is 0 Å². The maximum Gasteiger partial charge on any atom is 0.262 e. The van der Waals surface area contributed by atoms with Gasteiger partial charge in [0.1, 0.15) is 17.2 Å². The second-order valence-electron chi connectivity index (χ2n) is 6.41. The summed E-state index contributed by atoms with van der Waals surface area (Å²) in [6, 6.07) is 11.8. The SMILES string of the molecule is CCc1ccc(Cn2nccc2NC(=O)Cn2cnc3sccc3c2=O)cc1. The molecule has 3 heterocycles. The summed E-state index contributed by atoms with van der Waals surface area (Å²) < 4.78 is 3.04. The van der Waals surface area contributed by atoms with Gasteiger partial charge in [0.05, 0.1) is 24.5 Å². The highest BCUT2D eigenvalue weighted by atomic mass is 32.1. The lowest BCUT2D eigenvalue weighted by Crippen LogP contribution is -2.28. The molecule has 28 heavy (non-hydrogen) atoms. The molecule has 0 unspecified atom stereocenters. The molecule has 3 aromatic heterocycles. The van der Waals surface area contributed by atoms with Crippen LogP contribution in [0.25, 0.3) is 10.2 Å². The number of rotatable bonds is 6. The van der Waals surface area contributed by atoms with Crippen LogP contribution in [0.4, 0.5) is 5.82 Å². The number of hydrogen-bond donors (Lipinski definition) is 1. The topological polar surface area (TPSA) is 81.8 Å². The molecule has 1 aromatic carbocycles. The van der Waals surface area contributed by atoms with Crippen molar-refractivity contribution in [2.45, 2.75) is 26.4 Å². The van der Waals surface area contributed by atoms with Crippen LogP contribution in [0.3, 0.4) is 0 Å². The van der Waals surface area contributed by atoms with Gasteiger partial charge in [-0.1, -0.05) is 31.2 Å². The average molecular weight is 393 g/mol. The molecule has 8 heteroatoms. The fourth-order valence-electron chi connectivity index (χ4n) is 2.96. The molecule has 4 aromatic rings. The van der Waals surface area contributed by atoms with E-state index in [0.717, 1.165) is 12.0 Å². The summed E-state index contributed by atoms with van der Waals surface area (Å²) in [5.74, 6) is 0.281. The van der Waals surface area contributed by atoms with E-state index in [1.165, 1.54) is 27.8 Å². The van der Waals surface area contributed by atoms with Crippen molar-refractivity contribution in [3.8, 4) is 0 Å². The Kier molecular flexibility index (Phi) is 5.03. The molecule has 0 radical (unpaired) electrons. The first-order valence-corrected chi connectivity index (χ1v) is 9.84. The first-order valence-electron chi connectivity index (χ1n) is 8.96. The van der Waals surface area contributed by atoms with Crippen molar-refractivity contribution in [2.75, 3.05) is 5.32 Å². The van der Waals surface area contributed by atoms with E-state index in [1.807, 2.05) is 5.38 Å². The van der Waals surface area contributed by atoms with E-state index in [2.05, 4.69) is 46.6 Å². The Morgan fingerprint density at radius 3 is 2.71 bits per heavy atom. The van der Waals surface area contributed by atoms with E-state index < -0.39 is 0 Å². The Morgan fingerprint density at radius 2 is 1.93 bits per heavy atom. The Labute approximate surface area is 165 Å². The highest BCUT2D eigenvalue weighted by Crippen LogP contribution is 2.14. The third-order valence-corrected chi connectivity index (χ3v) is 5.33. The van der Waals surface area contributed by atoms with E-state index in [1.54, 1.807) is 23.0 Å². The number of amides is 1. The van der Waals surface area contributed by atoms with Crippen LogP contribution >= 0.6 is 11.3 Å². The van der Waals surface area contributed by atoms with E-state index in [4.69, 9.17) is 0 Å². The predicted molar refractivity (Wildman–Crippen MR) is 110 cm³/mol. The number of aryl methyl sites for hydroxylation is 1. The molecule has 0 atom stereocenters. The number of anilines is 1. The van der Waals surface area contributed by atoms with Gasteiger partial charge < -0.3 is 5.32 Å². The van der Waals surface area contributed by atoms with Crippen LogP contribution in [0.15, 0.2) is 59.1 Å². The molecule has 4 rings (SSSR count). The Bertz CT molecular complexity index is 1170. The Morgan fingerprint density at radius 1 is 1.14 bits per heavy atom. The zero-order valence-electron chi connectivity index (χ0n) is 15.3. The number of benzene rings is 1. The van der Waals surface area contributed by atoms with Gasteiger partial charge in [0.15, 0.2) is 0 Å². The number of nitrogens with one attached hydrogen (secondary N) is 1. The van der Waals surface area contributed by atoms with Gasteiger partial charge in [0.25, 0.3) is 5.56 Å². The van der Waals surface area contributed by atoms with Crippen molar-refractivity contribution < 1.29 is 4.79 Å². The molecule has 0 saturated heterocycles. The normalized spacial score (nSPS) is 11.0. The minimum Gasteiger partial charge on any atom is -0.309 e. The summed E-state index contributed by atoms with van der Waals surface area (Å²) in [6.07, 6.45) is 4.04. The van der Waals surface area contributed by atoms with Crippen LogP contribution in [-0.2, 0) is 24.3 Å². The van der Waals surface area contributed by atoms with Crippen molar-refractivity contribution >= 4 is 33.3 Å². The molecule has 7 nitrogen and oxygen atoms in total. The van der Waals surface area contributed by atoms with E-state index in [9.17, 15) is 9.59 Å². The molecule has 0 bridgehead atoms. The van der Waals surface area contributed by atoms with Crippen molar-refractivity contribution in [3.63, 3.8) is 0 Å². The number of carbonyl (C=O) groups excluding carboxylic acids is 1. The molecule has 0 saturated carbocycles. The lowest BCUT2D eigenvalue weighted by atomic mass is 10.1. The third-order valence-electron chi connectivity index (χ3n) is 4.51. The van der Waals surface area contributed by atoms with Gasteiger partial charge in [-0.15, -0.1) is 11.3 Å².